The highest BCUT2D eigenvalue weighted by molar-refractivity contribution is 7.18. The maximum atomic E-state index is 13.2. The van der Waals surface area contributed by atoms with Gasteiger partial charge in [-0.05, 0) is 55.5 Å². The molecule has 4 aromatic rings. The number of hydrogen-bond acceptors (Lipinski definition) is 5. The van der Waals surface area contributed by atoms with Crippen LogP contribution in [0.15, 0.2) is 47.8 Å². The van der Waals surface area contributed by atoms with Crippen LogP contribution in [0, 0.1) is 0 Å². The summed E-state index contributed by atoms with van der Waals surface area (Å²) in [5.74, 6) is -0.521. The number of alkyl halides is 3. The summed E-state index contributed by atoms with van der Waals surface area (Å²) in [6, 6.07) is 4.70. The molecule has 0 unspecified atom stereocenters. The Bertz CT molecular complexity index is 1420. The minimum Gasteiger partial charge on any atom is -0.324 e. The van der Waals surface area contributed by atoms with Crippen LogP contribution < -0.4 is 10.9 Å². The highest BCUT2D eigenvalue weighted by Gasteiger charge is 2.31. The molecule has 1 N–H and O–H groups in total. The predicted octanol–water partition coefficient (Wildman–Crippen LogP) is 4.57. The van der Waals surface area contributed by atoms with Crippen LogP contribution in [0.4, 0.5) is 18.9 Å². The van der Waals surface area contributed by atoms with Crippen molar-refractivity contribution in [3.63, 3.8) is 0 Å². The standard InChI is InChI=1S/C23H20F3N5O2S/c24-23(25,26)14-6-7-17(31-10-3-9-28-31)16(12-14)29-19(32)8-11-30-13-27-21-20(22(30)33)15-4-1-2-5-18(15)34-21/h3,6-7,9-10,12-13H,1-2,4-5,8,11H2,(H,29,32). The Labute approximate surface area is 195 Å². The van der Waals surface area contributed by atoms with E-state index in [0.29, 0.717) is 15.9 Å². The van der Waals surface area contributed by atoms with Crippen molar-refractivity contribution in [3.05, 3.63) is 69.3 Å². The molecule has 1 amide bonds. The van der Waals surface area contributed by atoms with Crippen molar-refractivity contribution in [2.75, 3.05) is 5.32 Å². The van der Waals surface area contributed by atoms with Gasteiger partial charge in [0.1, 0.15) is 4.83 Å². The molecule has 0 saturated heterocycles. The summed E-state index contributed by atoms with van der Waals surface area (Å²) in [7, 11) is 0. The van der Waals surface area contributed by atoms with Crippen LogP contribution >= 0.6 is 11.3 Å². The quantitative estimate of drug-likeness (QED) is 0.447. The van der Waals surface area contributed by atoms with Gasteiger partial charge in [0.05, 0.1) is 28.7 Å². The topological polar surface area (TPSA) is 81.8 Å². The fraction of sp³-hybridized carbons (Fsp3) is 0.304. The van der Waals surface area contributed by atoms with Crippen molar-refractivity contribution < 1.29 is 18.0 Å². The lowest BCUT2D eigenvalue weighted by Crippen LogP contribution is -2.24. The summed E-state index contributed by atoms with van der Waals surface area (Å²) < 4.78 is 42.5. The van der Waals surface area contributed by atoms with Crippen molar-refractivity contribution in [1.82, 2.24) is 19.3 Å². The number of nitrogens with zero attached hydrogens (tertiary/aromatic N) is 4. The number of aryl methyl sites for hydroxylation is 3. The summed E-state index contributed by atoms with van der Waals surface area (Å²) >= 11 is 1.55. The van der Waals surface area contributed by atoms with Gasteiger partial charge in [-0.1, -0.05) is 0 Å². The van der Waals surface area contributed by atoms with E-state index in [1.165, 1.54) is 32.7 Å². The van der Waals surface area contributed by atoms with Crippen LogP contribution in [-0.2, 0) is 30.4 Å². The highest BCUT2D eigenvalue weighted by atomic mass is 32.1. The molecule has 11 heteroatoms. The minimum absolute atomic E-state index is 0.0173. The summed E-state index contributed by atoms with van der Waals surface area (Å²) in [5, 5.41) is 7.22. The van der Waals surface area contributed by atoms with Crippen molar-refractivity contribution >= 4 is 33.1 Å². The van der Waals surface area contributed by atoms with Gasteiger partial charge in [-0.25, -0.2) is 9.67 Å². The zero-order chi connectivity index (χ0) is 23.9. The van der Waals surface area contributed by atoms with Gasteiger partial charge in [0, 0.05) is 30.2 Å². The molecule has 0 bridgehead atoms. The highest BCUT2D eigenvalue weighted by Crippen LogP contribution is 2.34. The number of rotatable bonds is 5. The second kappa shape index (κ2) is 8.71. The molecule has 34 heavy (non-hydrogen) atoms. The maximum absolute atomic E-state index is 13.2. The first-order chi connectivity index (χ1) is 16.3. The largest absolute Gasteiger partial charge is 0.416 e. The first kappa shape index (κ1) is 22.3. The molecule has 5 rings (SSSR count). The smallest absolute Gasteiger partial charge is 0.324 e. The summed E-state index contributed by atoms with van der Waals surface area (Å²) in [6.07, 6.45) is 3.76. The Morgan fingerprint density at radius 2 is 2.03 bits per heavy atom. The lowest BCUT2D eigenvalue weighted by molar-refractivity contribution is -0.137. The van der Waals surface area contributed by atoms with Crippen molar-refractivity contribution in [1.29, 1.82) is 0 Å². The number of halogens is 3. The molecule has 7 nitrogen and oxygen atoms in total. The van der Waals surface area contributed by atoms with Crippen LogP contribution in [0.25, 0.3) is 15.9 Å². The fourth-order valence-electron chi connectivity index (χ4n) is 4.20. The molecule has 0 spiro atoms. The molecule has 1 aliphatic carbocycles. The molecule has 1 aromatic carbocycles. The van der Waals surface area contributed by atoms with Crippen LogP contribution in [0.1, 0.15) is 35.3 Å². The molecule has 0 aliphatic heterocycles. The van der Waals surface area contributed by atoms with E-state index in [2.05, 4.69) is 15.4 Å². The van der Waals surface area contributed by atoms with Gasteiger partial charge in [0.25, 0.3) is 5.56 Å². The maximum Gasteiger partial charge on any atom is 0.416 e. The minimum atomic E-state index is -4.56. The number of fused-ring (bicyclic) bond motifs is 3. The Balaban J connectivity index is 1.37. The number of amides is 1. The number of carbonyl (C=O) groups is 1. The van der Waals surface area contributed by atoms with Gasteiger partial charge >= 0.3 is 6.18 Å². The number of nitrogens with one attached hydrogen (secondary N) is 1. The van der Waals surface area contributed by atoms with Crippen LogP contribution in [0.5, 0.6) is 0 Å². The lowest BCUT2D eigenvalue weighted by atomic mass is 9.97. The normalized spacial score (nSPS) is 13.7. The molecular formula is C23H20F3N5O2S. The van der Waals surface area contributed by atoms with Crippen LogP contribution in [0.3, 0.4) is 0 Å². The van der Waals surface area contributed by atoms with Gasteiger partial charge in [-0.15, -0.1) is 11.3 Å². The third kappa shape index (κ3) is 4.23. The molecule has 0 saturated carbocycles. The van der Waals surface area contributed by atoms with E-state index in [1.807, 2.05) is 0 Å². The van der Waals surface area contributed by atoms with E-state index >= 15 is 0 Å². The van der Waals surface area contributed by atoms with Crippen LogP contribution in [-0.4, -0.2) is 25.2 Å². The molecule has 176 valence electrons. The second-order valence-electron chi connectivity index (χ2n) is 8.11. The van der Waals surface area contributed by atoms with Gasteiger partial charge < -0.3 is 5.32 Å². The third-order valence-electron chi connectivity index (χ3n) is 5.87. The molecular weight excluding hydrogens is 467 g/mol. The third-order valence-corrected chi connectivity index (χ3v) is 7.07. The fourth-order valence-corrected chi connectivity index (χ4v) is 5.42. The number of carbonyl (C=O) groups excluding carboxylic acids is 1. The number of hydrogen-bond donors (Lipinski definition) is 1. The average molecular weight is 488 g/mol. The summed E-state index contributed by atoms with van der Waals surface area (Å²) in [4.78, 5) is 32.1. The van der Waals surface area contributed by atoms with Crippen molar-refractivity contribution in [2.24, 2.45) is 0 Å². The first-order valence-electron chi connectivity index (χ1n) is 10.8. The van der Waals surface area contributed by atoms with E-state index in [0.717, 1.165) is 43.4 Å². The molecule has 3 aromatic heterocycles. The molecule has 0 radical (unpaired) electrons. The molecule has 1 aliphatic rings. The lowest BCUT2D eigenvalue weighted by Gasteiger charge is -2.15. The summed E-state index contributed by atoms with van der Waals surface area (Å²) in [5.41, 5.74) is 0.281. The number of anilines is 1. The Hall–Kier alpha value is -3.47. The van der Waals surface area contributed by atoms with E-state index in [9.17, 15) is 22.8 Å². The van der Waals surface area contributed by atoms with Gasteiger partial charge in [-0.2, -0.15) is 18.3 Å². The van der Waals surface area contributed by atoms with Crippen LogP contribution in [0.2, 0.25) is 0 Å². The van der Waals surface area contributed by atoms with Gasteiger partial charge in [-0.3, -0.25) is 14.2 Å². The van der Waals surface area contributed by atoms with Crippen molar-refractivity contribution in [3.8, 4) is 5.69 Å². The van der Waals surface area contributed by atoms with E-state index < -0.39 is 17.6 Å². The number of thiophene rings is 1. The number of benzene rings is 1. The first-order valence-corrected chi connectivity index (χ1v) is 11.6. The van der Waals surface area contributed by atoms with Gasteiger partial charge in [0.2, 0.25) is 5.91 Å². The SMILES string of the molecule is O=C(CCn1cnc2sc3c(c2c1=O)CCCC3)Nc1cc(C(F)(F)F)ccc1-n1cccn1. The molecule has 0 atom stereocenters. The molecule has 0 fully saturated rings. The monoisotopic (exact) mass is 487 g/mol. The predicted molar refractivity (Wildman–Crippen MR) is 122 cm³/mol. The van der Waals surface area contributed by atoms with E-state index in [4.69, 9.17) is 0 Å². The zero-order valence-corrected chi connectivity index (χ0v) is 18.7. The van der Waals surface area contributed by atoms with E-state index in [1.54, 1.807) is 23.6 Å². The molecule has 3 heterocycles. The Morgan fingerprint density at radius 3 is 2.79 bits per heavy atom. The van der Waals surface area contributed by atoms with Gasteiger partial charge in [0.15, 0.2) is 0 Å². The Morgan fingerprint density at radius 1 is 1.21 bits per heavy atom. The second-order valence-corrected chi connectivity index (χ2v) is 9.20. The number of aromatic nitrogens is 4. The summed E-state index contributed by atoms with van der Waals surface area (Å²) in [6.45, 7) is 0.0638. The average Bonchev–Trinajstić information content (AvgIpc) is 3.46. The zero-order valence-electron chi connectivity index (χ0n) is 17.9. The van der Waals surface area contributed by atoms with E-state index in [-0.39, 0.29) is 24.2 Å². The Kier molecular flexibility index (Phi) is 5.72. The van der Waals surface area contributed by atoms with Crippen molar-refractivity contribution in [2.45, 2.75) is 44.8 Å².